The van der Waals surface area contributed by atoms with Crippen LogP contribution in [0.4, 0.5) is 0 Å². The Morgan fingerprint density at radius 1 is 1.63 bits per heavy atom. The zero-order valence-corrected chi connectivity index (χ0v) is 12.2. The molecule has 3 heterocycles. The molecule has 5 nitrogen and oxygen atoms in total. The van der Waals surface area contributed by atoms with E-state index in [1.165, 1.54) is 11.3 Å². The van der Waals surface area contributed by atoms with Crippen molar-refractivity contribution < 1.29 is 4.74 Å². The summed E-state index contributed by atoms with van der Waals surface area (Å²) in [4.78, 5) is 18.5. The van der Waals surface area contributed by atoms with E-state index in [2.05, 4.69) is 16.9 Å². The predicted octanol–water partition coefficient (Wildman–Crippen LogP) is 1.45. The first-order chi connectivity index (χ1) is 9.15. The molecule has 0 amide bonds. The number of nitrogens with zero attached hydrogens (tertiary/aromatic N) is 2. The van der Waals surface area contributed by atoms with Crippen LogP contribution in [0.15, 0.2) is 16.2 Å². The predicted molar refractivity (Wildman–Crippen MR) is 78.5 cm³/mol. The molecule has 0 saturated carbocycles. The average Bonchev–Trinajstić information content (AvgIpc) is 2.83. The Hall–Kier alpha value is -1.02. The van der Waals surface area contributed by atoms with Gasteiger partial charge in [-0.25, -0.2) is 0 Å². The van der Waals surface area contributed by atoms with Gasteiger partial charge in [0.05, 0.1) is 24.6 Å². The minimum Gasteiger partial charge on any atom is -0.374 e. The molecule has 0 radical (unpaired) electrons. The van der Waals surface area contributed by atoms with Gasteiger partial charge in [0, 0.05) is 13.1 Å². The number of aromatic nitrogens is 2. The topological polar surface area (TPSA) is 50.3 Å². The lowest BCUT2D eigenvalue weighted by Crippen LogP contribution is -2.43. The molecule has 0 spiro atoms. The third-order valence-electron chi connectivity index (χ3n) is 3.33. The summed E-state index contributed by atoms with van der Waals surface area (Å²) < 4.78 is 7.77. The quantitative estimate of drug-likeness (QED) is 0.853. The van der Waals surface area contributed by atoms with Crippen LogP contribution in [0.25, 0.3) is 10.2 Å². The number of H-pyrrole nitrogens is 1. The molecular weight excluding hydrogens is 282 g/mol. The summed E-state index contributed by atoms with van der Waals surface area (Å²) in [6, 6.07) is 1.83. The van der Waals surface area contributed by atoms with Gasteiger partial charge in [-0.2, -0.15) is 0 Å². The van der Waals surface area contributed by atoms with Gasteiger partial charge in [-0.15, -0.1) is 11.3 Å². The molecule has 102 valence electrons. The second-order valence-corrected chi connectivity index (χ2v) is 6.07. The van der Waals surface area contributed by atoms with E-state index >= 15 is 0 Å². The summed E-state index contributed by atoms with van der Waals surface area (Å²) in [7, 11) is 2.06. The zero-order chi connectivity index (χ0) is 13.4. The van der Waals surface area contributed by atoms with Crippen molar-refractivity contribution in [1.82, 2.24) is 14.5 Å². The van der Waals surface area contributed by atoms with Gasteiger partial charge in [0.1, 0.15) is 4.83 Å². The van der Waals surface area contributed by atoms with Crippen LogP contribution in [0.2, 0.25) is 0 Å². The maximum atomic E-state index is 12.4. The molecule has 2 aromatic heterocycles. The number of hydrogen-bond acceptors (Lipinski definition) is 5. The Bertz CT molecular complexity index is 703. The smallest absolute Gasteiger partial charge is 0.263 e. The van der Waals surface area contributed by atoms with Crippen molar-refractivity contribution in [2.75, 3.05) is 26.7 Å². The molecular formula is C12H15N3O2S2. The monoisotopic (exact) mass is 297 g/mol. The Kier molecular flexibility index (Phi) is 3.53. The zero-order valence-electron chi connectivity index (χ0n) is 10.6. The minimum atomic E-state index is -0.0307. The number of thiophene rings is 1. The van der Waals surface area contributed by atoms with Gasteiger partial charge in [0.15, 0.2) is 4.77 Å². The highest BCUT2D eigenvalue weighted by Gasteiger charge is 2.19. The van der Waals surface area contributed by atoms with E-state index < -0.39 is 0 Å². The van der Waals surface area contributed by atoms with Crippen LogP contribution in [-0.4, -0.2) is 47.3 Å². The number of fused-ring (bicyclic) bond motifs is 1. The van der Waals surface area contributed by atoms with Crippen molar-refractivity contribution >= 4 is 33.8 Å². The van der Waals surface area contributed by atoms with Crippen molar-refractivity contribution in [2.45, 2.75) is 12.6 Å². The van der Waals surface area contributed by atoms with E-state index in [9.17, 15) is 4.79 Å². The lowest BCUT2D eigenvalue weighted by atomic mass is 10.3. The third-order valence-corrected chi connectivity index (χ3v) is 4.49. The molecule has 2 aromatic rings. The highest BCUT2D eigenvalue weighted by Crippen LogP contribution is 2.14. The van der Waals surface area contributed by atoms with Gasteiger partial charge in [-0.1, -0.05) is 0 Å². The number of hydrogen-bond donors (Lipinski definition) is 1. The number of rotatable bonds is 2. The van der Waals surface area contributed by atoms with Crippen LogP contribution in [0.1, 0.15) is 0 Å². The van der Waals surface area contributed by atoms with Gasteiger partial charge in [0.2, 0.25) is 0 Å². The molecule has 7 heteroatoms. The molecule has 1 saturated heterocycles. The normalized spacial score (nSPS) is 21.0. The molecule has 3 rings (SSSR count). The lowest BCUT2D eigenvalue weighted by Gasteiger charge is -2.30. The van der Waals surface area contributed by atoms with E-state index in [4.69, 9.17) is 17.0 Å². The van der Waals surface area contributed by atoms with E-state index in [0.717, 1.165) is 17.9 Å². The second-order valence-electron chi connectivity index (χ2n) is 4.76. The number of likely N-dealkylation sites (N-methyl/N-ethyl adjacent to an activating group) is 1. The highest BCUT2D eigenvalue weighted by atomic mass is 32.1. The van der Waals surface area contributed by atoms with Gasteiger partial charge >= 0.3 is 0 Å². The van der Waals surface area contributed by atoms with E-state index in [-0.39, 0.29) is 11.7 Å². The number of ether oxygens (including phenoxy) is 1. The van der Waals surface area contributed by atoms with Crippen molar-refractivity contribution in [1.29, 1.82) is 0 Å². The molecule has 1 aliphatic rings. The molecule has 0 aliphatic carbocycles. The van der Waals surface area contributed by atoms with Crippen molar-refractivity contribution in [2.24, 2.45) is 0 Å². The summed E-state index contributed by atoms with van der Waals surface area (Å²) in [5.74, 6) is 0. The fourth-order valence-corrected chi connectivity index (χ4v) is 3.43. The molecule has 0 bridgehead atoms. The lowest BCUT2D eigenvalue weighted by molar-refractivity contribution is -0.0281. The minimum absolute atomic E-state index is 0.0163. The number of nitrogens with one attached hydrogen (secondary N) is 1. The molecule has 1 atom stereocenters. The van der Waals surface area contributed by atoms with Crippen LogP contribution >= 0.6 is 23.6 Å². The SMILES string of the molecule is CN1CCOC(Cn2c(=S)[nH]c3sccc3c2=O)C1. The Morgan fingerprint density at radius 2 is 2.47 bits per heavy atom. The summed E-state index contributed by atoms with van der Waals surface area (Å²) in [5, 5.41) is 2.59. The Labute approximate surface area is 119 Å². The maximum Gasteiger partial charge on any atom is 0.263 e. The largest absolute Gasteiger partial charge is 0.374 e. The Morgan fingerprint density at radius 3 is 3.26 bits per heavy atom. The summed E-state index contributed by atoms with van der Waals surface area (Å²) >= 11 is 6.77. The van der Waals surface area contributed by atoms with Crippen molar-refractivity contribution in [3.05, 3.63) is 26.6 Å². The van der Waals surface area contributed by atoms with Crippen molar-refractivity contribution in [3.63, 3.8) is 0 Å². The van der Waals surface area contributed by atoms with Crippen molar-refractivity contribution in [3.8, 4) is 0 Å². The first-order valence-corrected chi connectivity index (χ1v) is 7.44. The number of morpholine rings is 1. The molecule has 19 heavy (non-hydrogen) atoms. The molecule has 1 aliphatic heterocycles. The fraction of sp³-hybridized carbons (Fsp3) is 0.500. The fourth-order valence-electron chi connectivity index (χ4n) is 2.32. The van der Waals surface area contributed by atoms with Crippen LogP contribution in [0.5, 0.6) is 0 Å². The van der Waals surface area contributed by atoms with Crippen LogP contribution in [0.3, 0.4) is 0 Å². The first kappa shape index (κ1) is 13.0. The highest BCUT2D eigenvalue weighted by molar-refractivity contribution is 7.71. The number of aromatic amines is 1. The van der Waals surface area contributed by atoms with Crippen LogP contribution < -0.4 is 5.56 Å². The molecule has 1 N–H and O–H groups in total. The van der Waals surface area contributed by atoms with E-state index in [1.54, 1.807) is 4.57 Å². The van der Waals surface area contributed by atoms with Gasteiger partial charge in [-0.3, -0.25) is 9.36 Å². The van der Waals surface area contributed by atoms with E-state index in [1.807, 2.05) is 11.4 Å². The first-order valence-electron chi connectivity index (χ1n) is 6.15. The molecule has 0 aromatic carbocycles. The summed E-state index contributed by atoms with van der Waals surface area (Å²) in [6.07, 6.45) is 0.0163. The Balaban J connectivity index is 1.96. The standard InChI is InChI=1S/C12H15N3O2S2/c1-14-3-4-17-8(6-14)7-15-11(16)9-2-5-19-10(9)13-12(15)18/h2,5,8H,3-4,6-7H2,1H3,(H,13,18). The third kappa shape index (κ3) is 2.51. The van der Waals surface area contributed by atoms with Gasteiger partial charge < -0.3 is 14.6 Å². The van der Waals surface area contributed by atoms with Crippen LogP contribution in [-0.2, 0) is 11.3 Å². The summed E-state index contributed by atoms with van der Waals surface area (Å²) in [6.45, 7) is 2.96. The molecule has 1 fully saturated rings. The average molecular weight is 297 g/mol. The van der Waals surface area contributed by atoms with Gasteiger partial charge in [0.25, 0.3) is 5.56 Å². The van der Waals surface area contributed by atoms with Crippen LogP contribution in [0, 0.1) is 4.77 Å². The molecule has 1 unspecified atom stereocenters. The second kappa shape index (κ2) is 5.16. The summed E-state index contributed by atoms with van der Waals surface area (Å²) in [5.41, 5.74) is -0.0307. The maximum absolute atomic E-state index is 12.4. The van der Waals surface area contributed by atoms with Gasteiger partial charge in [-0.05, 0) is 30.7 Å². The van der Waals surface area contributed by atoms with E-state index in [0.29, 0.717) is 23.3 Å².